The van der Waals surface area contributed by atoms with Gasteiger partial charge >= 0.3 is 0 Å². The van der Waals surface area contributed by atoms with Crippen molar-refractivity contribution in [1.82, 2.24) is 10.2 Å². The van der Waals surface area contributed by atoms with Gasteiger partial charge in [-0.15, -0.1) is 0 Å². The standard InChI is InChI=1S/C19H23N3O2/c1-22(2)14-8-13-20-19(24)16-11-6-7-12-17(16)21-18(23)15-9-4-3-5-10-15/h3-7,9-12H,8,13-14H2,1-2H3,(H,20,24)(H,21,23). The van der Waals surface area contributed by atoms with Crippen LogP contribution in [0.4, 0.5) is 5.69 Å². The van der Waals surface area contributed by atoms with Crippen LogP contribution in [0.3, 0.4) is 0 Å². The first-order chi connectivity index (χ1) is 11.6. The van der Waals surface area contributed by atoms with Gasteiger partial charge in [-0.25, -0.2) is 0 Å². The second kappa shape index (κ2) is 8.84. The van der Waals surface area contributed by atoms with Crippen molar-refractivity contribution in [1.29, 1.82) is 0 Å². The first-order valence-electron chi connectivity index (χ1n) is 7.96. The molecule has 126 valence electrons. The van der Waals surface area contributed by atoms with E-state index in [0.717, 1.165) is 13.0 Å². The van der Waals surface area contributed by atoms with Gasteiger partial charge in [0, 0.05) is 12.1 Å². The summed E-state index contributed by atoms with van der Waals surface area (Å²) in [5, 5.41) is 5.70. The molecule has 24 heavy (non-hydrogen) atoms. The quantitative estimate of drug-likeness (QED) is 0.769. The Morgan fingerprint density at radius 1 is 0.917 bits per heavy atom. The summed E-state index contributed by atoms with van der Waals surface area (Å²) in [6.07, 6.45) is 0.872. The molecule has 0 radical (unpaired) electrons. The highest BCUT2D eigenvalue weighted by molar-refractivity contribution is 6.08. The molecule has 2 amide bonds. The Kier molecular flexibility index (Phi) is 6.51. The molecule has 0 heterocycles. The molecule has 5 heteroatoms. The lowest BCUT2D eigenvalue weighted by atomic mass is 10.1. The molecule has 0 saturated heterocycles. The van der Waals surface area contributed by atoms with E-state index in [1.165, 1.54) is 0 Å². The molecule has 0 fully saturated rings. The van der Waals surface area contributed by atoms with Gasteiger partial charge in [0.05, 0.1) is 11.3 Å². The number of amides is 2. The summed E-state index contributed by atoms with van der Waals surface area (Å²) in [6.45, 7) is 1.50. The lowest BCUT2D eigenvalue weighted by Gasteiger charge is -2.12. The molecule has 0 unspecified atom stereocenters. The lowest BCUT2D eigenvalue weighted by Crippen LogP contribution is -2.28. The van der Waals surface area contributed by atoms with E-state index in [1.807, 2.05) is 20.2 Å². The number of carbonyl (C=O) groups excluding carboxylic acids is 2. The predicted octanol–water partition coefficient (Wildman–Crippen LogP) is 2.62. The Morgan fingerprint density at radius 3 is 2.29 bits per heavy atom. The van der Waals surface area contributed by atoms with E-state index >= 15 is 0 Å². The fourth-order valence-corrected chi connectivity index (χ4v) is 2.27. The third kappa shape index (κ3) is 5.21. The highest BCUT2D eigenvalue weighted by Gasteiger charge is 2.13. The fraction of sp³-hybridized carbons (Fsp3) is 0.263. The highest BCUT2D eigenvalue weighted by Crippen LogP contribution is 2.16. The van der Waals surface area contributed by atoms with Crippen LogP contribution in [0.5, 0.6) is 0 Å². The molecule has 0 spiro atoms. The van der Waals surface area contributed by atoms with E-state index in [2.05, 4.69) is 15.5 Å². The third-order valence-electron chi connectivity index (χ3n) is 3.52. The molecule has 0 atom stereocenters. The van der Waals surface area contributed by atoms with Crippen molar-refractivity contribution >= 4 is 17.5 Å². The number of hydrogen-bond acceptors (Lipinski definition) is 3. The van der Waals surface area contributed by atoms with Gasteiger partial charge in [0.2, 0.25) is 0 Å². The van der Waals surface area contributed by atoms with Crippen molar-refractivity contribution in [3.05, 3.63) is 65.7 Å². The second-order valence-electron chi connectivity index (χ2n) is 5.78. The van der Waals surface area contributed by atoms with Crippen molar-refractivity contribution in [3.8, 4) is 0 Å². The lowest BCUT2D eigenvalue weighted by molar-refractivity contribution is 0.0953. The predicted molar refractivity (Wildman–Crippen MR) is 96.3 cm³/mol. The summed E-state index contributed by atoms with van der Waals surface area (Å²) in [4.78, 5) is 26.7. The molecule has 5 nitrogen and oxygen atoms in total. The number of nitrogens with zero attached hydrogens (tertiary/aromatic N) is 1. The molecular formula is C19H23N3O2. The third-order valence-corrected chi connectivity index (χ3v) is 3.52. The normalized spacial score (nSPS) is 10.5. The number of hydrogen-bond donors (Lipinski definition) is 2. The minimum absolute atomic E-state index is 0.183. The summed E-state index contributed by atoms with van der Waals surface area (Å²) in [5.74, 6) is -0.416. The van der Waals surface area contributed by atoms with E-state index < -0.39 is 0 Å². The molecular weight excluding hydrogens is 302 g/mol. The minimum Gasteiger partial charge on any atom is -0.352 e. The summed E-state index contributed by atoms with van der Waals surface area (Å²) < 4.78 is 0. The molecule has 0 saturated carbocycles. The van der Waals surface area contributed by atoms with Crippen LogP contribution in [0.2, 0.25) is 0 Å². The summed E-state index contributed by atoms with van der Waals surface area (Å²) in [5.41, 5.74) is 1.53. The van der Waals surface area contributed by atoms with Crippen molar-refractivity contribution < 1.29 is 9.59 Å². The van der Waals surface area contributed by atoms with Crippen LogP contribution >= 0.6 is 0 Å². The summed E-state index contributed by atoms with van der Waals surface area (Å²) in [6, 6.07) is 16.0. The fourth-order valence-electron chi connectivity index (χ4n) is 2.27. The zero-order chi connectivity index (χ0) is 17.4. The molecule has 2 N–H and O–H groups in total. The average Bonchev–Trinajstić information content (AvgIpc) is 2.59. The molecule has 2 aromatic rings. The van der Waals surface area contributed by atoms with Gasteiger partial charge < -0.3 is 15.5 Å². The summed E-state index contributed by atoms with van der Waals surface area (Å²) in [7, 11) is 3.99. The zero-order valence-corrected chi connectivity index (χ0v) is 14.1. The maximum absolute atomic E-state index is 12.4. The number of para-hydroxylation sites is 1. The molecule has 0 bridgehead atoms. The average molecular weight is 325 g/mol. The SMILES string of the molecule is CN(C)CCCNC(=O)c1ccccc1NC(=O)c1ccccc1. The van der Waals surface area contributed by atoms with Gasteiger partial charge in [0.15, 0.2) is 0 Å². The van der Waals surface area contributed by atoms with E-state index in [9.17, 15) is 9.59 Å². The van der Waals surface area contributed by atoms with Crippen LogP contribution in [0.1, 0.15) is 27.1 Å². The number of carbonyl (C=O) groups is 2. The van der Waals surface area contributed by atoms with Crippen LogP contribution in [-0.2, 0) is 0 Å². The van der Waals surface area contributed by atoms with Gasteiger partial charge in [0.25, 0.3) is 11.8 Å². The Hall–Kier alpha value is -2.66. The maximum atomic E-state index is 12.4. The molecule has 0 aliphatic heterocycles. The van der Waals surface area contributed by atoms with Crippen LogP contribution in [0, 0.1) is 0 Å². The Labute approximate surface area is 142 Å². The zero-order valence-electron chi connectivity index (χ0n) is 14.1. The molecule has 2 aromatic carbocycles. The van der Waals surface area contributed by atoms with Crippen LogP contribution < -0.4 is 10.6 Å². The van der Waals surface area contributed by atoms with Gasteiger partial charge in [0.1, 0.15) is 0 Å². The first kappa shape index (κ1) is 17.7. The minimum atomic E-state index is -0.233. The Balaban J connectivity index is 2.01. The van der Waals surface area contributed by atoms with Crippen LogP contribution in [0.25, 0.3) is 0 Å². The smallest absolute Gasteiger partial charge is 0.255 e. The second-order valence-corrected chi connectivity index (χ2v) is 5.78. The maximum Gasteiger partial charge on any atom is 0.255 e. The van der Waals surface area contributed by atoms with E-state index in [1.54, 1.807) is 48.5 Å². The monoisotopic (exact) mass is 325 g/mol. The highest BCUT2D eigenvalue weighted by atomic mass is 16.2. The topological polar surface area (TPSA) is 61.4 Å². The summed E-state index contributed by atoms with van der Waals surface area (Å²) >= 11 is 0. The van der Waals surface area contributed by atoms with Crippen molar-refractivity contribution in [3.63, 3.8) is 0 Å². The molecule has 0 aliphatic carbocycles. The van der Waals surface area contributed by atoms with Gasteiger partial charge in [-0.05, 0) is 51.3 Å². The van der Waals surface area contributed by atoms with Gasteiger partial charge in [-0.2, -0.15) is 0 Å². The molecule has 0 aliphatic rings. The van der Waals surface area contributed by atoms with Gasteiger partial charge in [-0.3, -0.25) is 9.59 Å². The number of rotatable bonds is 7. The number of nitrogens with one attached hydrogen (secondary N) is 2. The Bertz CT molecular complexity index is 684. The van der Waals surface area contributed by atoms with E-state index in [0.29, 0.717) is 23.4 Å². The first-order valence-corrected chi connectivity index (χ1v) is 7.96. The van der Waals surface area contributed by atoms with E-state index in [4.69, 9.17) is 0 Å². The van der Waals surface area contributed by atoms with Crippen molar-refractivity contribution in [2.75, 3.05) is 32.5 Å². The van der Waals surface area contributed by atoms with Crippen molar-refractivity contribution in [2.45, 2.75) is 6.42 Å². The van der Waals surface area contributed by atoms with E-state index in [-0.39, 0.29) is 11.8 Å². The number of anilines is 1. The molecule has 0 aromatic heterocycles. The molecule has 2 rings (SSSR count). The van der Waals surface area contributed by atoms with Gasteiger partial charge in [-0.1, -0.05) is 30.3 Å². The largest absolute Gasteiger partial charge is 0.352 e. The number of benzene rings is 2. The Morgan fingerprint density at radius 2 is 1.58 bits per heavy atom. The van der Waals surface area contributed by atoms with Crippen LogP contribution in [0.15, 0.2) is 54.6 Å². The van der Waals surface area contributed by atoms with Crippen molar-refractivity contribution in [2.24, 2.45) is 0 Å². The van der Waals surface area contributed by atoms with Crippen LogP contribution in [-0.4, -0.2) is 43.9 Å².